The van der Waals surface area contributed by atoms with Gasteiger partial charge >= 0.3 is 0 Å². The van der Waals surface area contributed by atoms with E-state index in [9.17, 15) is 0 Å². The van der Waals surface area contributed by atoms with Crippen LogP contribution in [-0.4, -0.2) is 59.1 Å². The van der Waals surface area contributed by atoms with E-state index < -0.39 is 0 Å². The molecule has 11 fully saturated rings. The Kier molecular flexibility index (Phi) is 12.0. The van der Waals surface area contributed by atoms with Crippen molar-refractivity contribution in [1.29, 1.82) is 0 Å². The van der Waals surface area contributed by atoms with Crippen LogP contribution in [0.3, 0.4) is 0 Å². The maximum Gasteiger partial charge on any atom is 0.0135 e. The molecule has 1 N–H and O–H groups in total. The van der Waals surface area contributed by atoms with Crippen LogP contribution < -0.4 is 5.32 Å². The van der Waals surface area contributed by atoms with Gasteiger partial charge in [0.25, 0.3) is 0 Å². The summed E-state index contributed by atoms with van der Waals surface area (Å²) in [4.78, 5) is 6.81. The van der Waals surface area contributed by atoms with Crippen LogP contribution in [0.5, 0.6) is 0 Å². The van der Waals surface area contributed by atoms with Crippen molar-refractivity contribution in [3.8, 4) is 0 Å². The topological polar surface area (TPSA) is 18.5 Å². The first-order valence-electron chi connectivity index (χ1n) is 27.0. The largest absolute Gasteiger partial charge is 0.317 e. The van der Waals surface area contributed by atoms with Crippen molar-refractivity contribution in [2.45, 2.75) is 248 Å². The number of piperidine rings is 1. The number of hydrogen-bond donors (Lipinski definition) is 1. The van der Waals surface area contributed by atoms with Gasteiger partial charge in [-0.25, -0.2) is 0 Å². The van der Waals surface area contributed by atoms with Gasteiger partial charge in [0.1, 0.15) is 0 Å². The molecular weight excluding hydrogens is 679 g/mol. The van der Waals surface area contributed by atoms with Gasteiger partial charge in [-0.2, -0.15) is 0 Å². The Morgan fingerprint density at radius 1 is 0.250 bits per heavy atom. The zero-order chi connectivity index (χ0) is 37.0. The molecule has 3 heterocycles. The lowest BCUT2D eigenvalue weighted by atomic mass is 9.62. The van der Waals surface area contributed by atoms with E-state index in [1.165, 1.54) is 77.3 Å². The summed E-state index contributed by atoms with van der Waals surface area (Å²) < 4.78 is 0. The second-order valence-electron chi connectivity index (χ2n) is 23.9. The molecule has 8 saturated carbocycles. The van der Waals surface area contributed by atoms with Crippen molar-refractivity contribution >= 4 is 0 Å². The lowest BCUT2D eigenvalue weighted by Crippen LogP contribution is -2.52. The molecule has 0 aromatic rings. The molecule has 13 unspecified atom stereocenters. The Labute approximate surface area is 346 Å². The average molecular weight is 768 g/mol. The second-order valence-corrected chi connectivity index (χ2v) is 23.9. The fraction of sp³-hybridized carbons (Fsp3) is 1.00. The Bertz CT molecular complexity index is 1230. The van der Waals surface area contributed by atoms with E-state index in [2.05, 4.69) is 15.1 Å². The van der Waals surface area contributed by atoms with Crippen LogP contribution in [0.4, 0.5) is 0 Å². The summed E-state index contributed by atoms with van der Waals surface area (Å²) in [7, 11) is 0. The summed E-state index contributed by atoms with van der Waals surface area (Å²) >= 11 is 0. The zero-order valence-electron chi connectivity index (χ0n) is 36.5. The minimum atomic E-state index is 0.923. The number of likely N-dealkylation sites (tertiary alicyclic amines) is 2. The minimum absolute atomic E-state index is 0.923. The highest BCUT2D eigenvalue weighted by molar-refractivity contribution is 5.10. The molecule has 3 heteroatoms. The molecule has 0 aromatic carbocycles. The van der Waals surface area contributed by atoms with Gasteiger partial charge in [-0.05, 0) is 206 Å². The summed E-state index contributed by atoms with van der Waals surface area (Å²) in [5.41, 5.74) is 0. The molecule has 3 saturated heterocycles. The van der Waals surface area contributed by atoms with Gasteiger partial charge in [0, 0.05) is 36.3 Å². The number of nitrogens with one attached hydrogen (secondary N) is 1. The van der Waals surface area contributed by atoms with Gasteiger partial charge in [-0.1, -0.05) is 89.9 Å². The van der Waals surface area contributed by atoms with Crippen molar-refractivity contribution in [2.75, 3.05) is 13.1 Å². The first-order chi connectivity index (χ1) is 27.8. The van der Waals surface area contributed by atoms with E-state index in [1.807, 2.05) is 0 Å². The predicted octanol–water partition coefficient (Wildman–Crippen LogP) is 12.8. The van der Waals surface area contributed by atoms with Crippen LogP contribution in [0.15, 0.2) is 0 Å². The fourth-order valence-corrected chi connectivity index (χ4v) is 19.3. The smallest absolute Gasteiger partial charge is 0.0135 e. The van der Waals surface area contributed by atoms with E-state index in [1.54, 1.807) is 148 Å². The van der Waals surface area contributed by atoms with Crippen LogP contribution in [0.2, 0.25) is 0 Å². The molecule has 0 aromatic heterocycles. The molecule has 0 amide bonds. The summed E-state index contributed by atoms with van der Waals surface area (Å²) in [6, 6.07) is 5.70. The van der Waals surface area contributed by atoms with Crippen molar-refractivity contribution in [1.82, 2.24) is 15.1 Å². The Morgan fingerprint density at radius 3 is 1.39 bits per heavy atom. The Balaban J connectivity index is 0.793. The molecule has 3 nitrogen and oxygen atoms in total. The molecular formula is C53H89N3. The molecule has 11 rings (SSSR count). The van der Waals surface area contributed by atoms with E-state index in [4.69, 9.17) is 0 Å². The Morgan fingerprint density at radius 2 is 0.714 bits per heavy atom. The van der Waals surface area contributed by atoms with Crippen molar-refractivity contribution in [3.05, 3.63) is 0 Å². The standard InChI is InChI=1S/C53H89N3/c1-3-11-36(12-4-1)38-19-23-44(24-20-38)55-50-17-9-7-15-46(50)48-25-21-41(35-53(48)55)40-22-26-52-49(34-40)47-16-8-10-18-51(47)56(52)45-32-42(37-13-5-2-6-14-37)31-43(33-45)39-27-29-54-30-28-39/h36-54H,1-35H2. The SMILES string of the molecule is C1CCC(C2CCC(N3C4CCCCC4C4CCC(C5CCC6C(C5)C5CCCCC5N6C5CC(C6CCCCC6)CC(C6CCNCC6)C5)CC43)CC2)CC1. The fourth-order valence-electron chi connectivity index (χ4n) is 19.3. The first-order valence-corrected chi connectivity index (χ1v) is 27.0. The maximum absolute atomic E-state index is 3.74. The number of hydrogen-bond acceptors (Lipinski definition) is 3. The van der Waals surface area contributed by atoms with Crippen molar-refractivity contribution in [2.24, 2.45) is 71.0 Å². The number of nitrogens with zero attached hydrogens (tertiary/aromatic N) is 2. The van der Waals surface area contributed by atoms with Gasteiger partial charge in [0.15, 0.2) is 0 Å². The summed E-state index contributed by atoms with van der Waals surface area (Å²) in [6.45, 7) is 2.59. The van der Waals surface area contributed by atoms with Gasteiger partial charge in [-0.3, -0.25) is 9.80 Å². The normalized spacial score (nSPS) is 49.2. The van der Waals surface area contributed by atoms with E-state index >= 15 is 0 Å². The predicted molar refractivity (Wildman–Crippen MR) is 234 cm³/mol. The van der Waals surface area contributed by atoms with Gasteiger partial charge in [0.05, 0.1) is 0 Å². The monoisotopic (exact) mass is 768 g/mol. The van der Waals surface area contributed by atoms with E-state index in [-0.39, 0.29) is 0 Å². The quantitative estimate of drug-likeness (QED) is 0.290. The van der Waals surface area contributed by atoms with E-state index in [0.717, 1.165) is 107 Å². The molecule has 56 heavy (non-hydrogen) atoms. The third-order valence-electron chi connectivity index (χ3n) is 21.7. The van der Waals surface area contributed by atoms with Crippen LogP contribution in [0.25, 0.3) is 0 Å². The molecule has 11 aliphatic rings. The third-order valence-corrected chi connectivity index (χ3v) is 21.7. The summed E-state index contributed by atoms with van der Waals surface area (Å²) in [5.74, 6) is 12.6. The van der Waals surface area contributed by atoms with Crippen molar-refractivity contribution < 1.29 is 0 Å². The molecule has 0 bridgehead atoms. The lowest BCUT2D eigenvalue weighted by molar-refractivity contribution is -0.00617. The van der Waals surface area contributed by atoms with Crippen molar-refractivity contribution in [3.63, 3.8) is 0 Å². The third kappa shape index (κ3) is 7.48. The Hall–Kier alpha value is -0.120. The lowest BCUT2D eigenvalue weighted by Gasteiger charge is -2.50. The van der Waals surface area contributed by atoms with Gasteiger partial charge < -0.3 is 5.32 Å². The van der Waals surface area contributed by atoms with Crippen LogP contribution >= 0.6 is 0 Å². The molecule has 13 atom stereocenters. The van der Waals surface area contributed by atoms with Crippen LogP contribution in [-0.2, 0) is 0 Å². The summed E-state index contributed by atoms with van der Waals surface area (Å²) in [5, 5.41) is 3.74. The van der Waals surface area contributed by atoms with Gasteiger partial charge in [-0.15, -0.1) is 0 Å². The highest BCUT2D eigenvalue weighted by Gasteiger charge is 2.57. The molecule has 8 aliphatic carbocycles. The maximum atomic E-state index is 3.74. The van der Waals surface area contributed by atoms with E-state index in [0.29, 0.717) is 0 Å². The van der Waals surface area contributed by atoms with Gasteiger partial charge in [0.2, 0.25) is 0 Å². The second kappa shape index (κ2) is 17.3. The molecule has 3 aliphatic heterocycles. The minimum Gasteiger partial charge on any atom is -0.317 e. The molecule has 0 radical (unpaired) electrons. The summed E-state index contributed by atoms with van der Waals surface area (Å²) in [6.07, 6.45) is 51.5. The highest BCUT2D eigenvalue weighted by Crippen LogP contribution is 2.59. The molecule has 316 valence electrons. The number of fused-ring (bicyclic) bond motifs is 6. The average Bonchev–Trinajstić information content (AvgIpc) is 3.79. The highest BCUT2D eigenvalue weighted by atomic mass is 15.3. The van der Waals surface area contributed by atoms with Crippen LogP contribution in [0, 0.1) is 71.0 Å². The zero-order valence-corrected chi connectivity index (χ0v) is 36.5. The first kappa shape index (κ1) is 38.8. The molecule has 0 spiro atoms. The van der Waals surface area contributed by atoms with Crippen LogP contribution in [0.1, 0.15) is 212 Å². The number of rotatable bonds is 6.